The Morgan fingerprint density at radius 3 is 2.57 bits per heavy atom. The van der Waals surface area contributed by atoms with Crippen molar-refractivity contribution in [2.75, 3.05) is 37.2 Å². The Morgan fingerprint density at radius 1 is 1.05 bits per heavy atom. The van der Waals surface area contributed by atoms with E-state index in [0.717, 1.165) is 48.4 Å². The van der Waals surface area contributed by atoms with Gasteiger partial charge in [-0.1, -0.05) is 6.07 Å². The average molecular weight is 529 g/mol. The number of hydrogen-bond donors (Lipinski definition) is 2. The second kappa shape index (κ2) is 9.94. The molecule has 2 aromatic heterocycles. The molecule has 0 amide bonds. The molecular formula is C25H26F2N6O3S. The molecule has 2 aromatic carbocycles. The van der Waals surface area contributed by atoms with E-state index in [0.29, 0.717) is 24.1 Å². The molecule has 194 valence electrons. The van der Waals surface area contributed by atoms with E-state index in [-0.39, 0.29) is 11.6 Å². The quantitative estimate of drug-likeness (QED) is 0.357. The molecule has 0 aliphatic carbocycles. The molecule has 0 spiro atoms. The van der Waals surface area contributed by atoms with Crippen LogP contribution < -0.4 is 15.2 Å². The van der Waals surface area contributed by atoms with Crippen molar-refractivity contribution in [2.24, 2.45) is 0 Å². The lowest BCUT2D eigenvalue weighted by molar-refractivity contribution is 0.325. The lowest BCUT2D eigenvalue weighted by Crippen LogP contribution is -2.24. The summed E-state index contributed by atoms with van der Waals surface area (Å²) in [6.07, 6.45) is 3.95. The first kappa shape index (κ1) is 24.9. The summed E-state index contributed by atoms with van der Waals surface area (Å²) in [6, 6.07) is 9.38. The second-order valence-corrected chi connectivity index (χ2v) is 10.5. The molecule has 0 bridgehead atoms. The number of nitrogen functional groups attached to an aromatic ring is 1. The van der Waals surface area contributed by atoms with Gasteiger partial charge in [-0.05, 0) is 61.8 Å². The van der Waals surface area contributed by atoms with Crippen LogP contribution in [0.25, 0.3) is 22.2 Å². The third-order valence-corrected chi connectivity index (χ3v) is 7.82. The fraction of sp³-hybridized carbons (Fsp3) is 0.280. The Balaban J connectivity index is 1.48. The van der Waals surface area contributed by atoms with Crippen LogP contribution in [0.5, 0.6) is 5.88 Å². The fourth-order valence-corrected chi connectivity index (χ4v) is 5.65. The summed E-state index contributed by atoms with van der Waals surface area (Å²) < 4.78 is 62.7. The molecule has 1 saturated heterocycles. The predicted molar refractivity (Wildman–Crippen MR) is 137 cm³/mol. The Hall–Kier alpha value is -3.77. The van der Waals surface area contributed by atoms with E-state index in [1.54, 1.807) is 12.3 Å². The van der Waals surface area contributed by atoms with Crippen molar-refractivity contribution in [2.45, 2.75) is 24.3 Å². The van der Waals surface area contributed by atoms with Crippen LogP contribution in [0, 0.1) is 11.6 Å². The number of imidazole rings is 1. The molecule has 0 saturated carbocycles. The number of aromatic nitrogens is 3. The number of halogens is 2. The van der Waals surface area contributed by atoms with Gasteiger partial charge in [0.25, 0.3) is 10.0 Å². The number of likely N-dealkylation sites (tertiary alicyclic amines) is 1. The van der Waals surface area contributed by atoms with Crippen molar-refractivity contribution in [1.82, 2.24) is 19.4 Å². The van der Waals surface area contributed by atoms with Crippen molar-refractivity contribution < 1.29 is 21.9 Å². The van der Waals surface area contributed by atoms with E-state index in [4.69, 9.17) is 10.5 Å². The maximum absolute atomic E-state index is 14.2. The van der Waals surface area contributed by atoms with Gasteiger partial charge >= 0.3 is 0 Å². The van der Waals surface area contributed by atoms with Gasteiger partial charge in [0, 0.05) is 30.9 Å². The first-order valence-corrected chi connectivity index (χ1v) is 13.2. The minimum Gasteiger partial charge on any atom is -0.480 e. The molecule has 4 aromatic rings. The lowest BCUT2D eigenvalue weighted by Gasteiger charge is -2.16. The Kier molecular flexibility index (Phi) is 6.69. The van der Waals surface area contributed by atoms with Gasteiger partial charge in [-0.15, -0.1) is 0 Å². The summed E-state index contributed by atoms with van der Waals surface area (Å²) in [4.78, 5) is 10.4. The molecule has 5 rings (SSSR count). The standard InChI is InChI=1S/C25H26F2N6O3S/c1-36-24-21(31-37(34,35)23-7-5-18(26)14-19(23)27)12-17(15-29-24)16-4-6-20-22(13-16)33(25(28)30-20)11-10-32-8-2-3-9-32/h4-7,12-15,31H,2-3,8-11H2,1H3,(H2,28,30). The maximum Gasteiger partial charge on any atom is 0.264 e. The zero-order valence-electron chi connectivity index (χ0n) is 20.1. The molecule has 9 nitrogen and oxygen atoms in total. The number of pyridine rings is 1. The first-order valence-electron chi connectivity index (χ1n) is 11.8. The number of fused-ring (bicyclic) bond motifs is 1. The number of benzene rings is 2. The number of sulfonamides is 1. The van der Waals surface area contributed by atoms with E-state index < -0.39 is 26.6 Å². The van der Waals surface area contributed by atoms with Crippen LogP contribution in [0.2, 0.25) is 0 Å². The van der Waals surface area contributed by atoms with Crippen molar-refractivity contribution >= 4 is 32.7 Å². The van der Waals surface area contributed by atoms with E-state index in [9.17, 15) is 17.2 Å². The van der Waals surface area contributed by atoms with E-state index in [2.05, 4.69) is 19.6 Å². The summed E-state index contributed by atoms with van der Waals surface area (Å²) in [5.41, 5.74) is 9.15. The largest absolute Gasteiger partial charge is 0.480 e. The minimum atomic E-state index is -4.39. The molecule has 1 aliphatic heterocycles. The molecule has 3 heterocycles. The van der Waals surface area contributed by atoms with Crippen molar-refractivity contribution in [1.29, 1.82) is 0 Å². The number of nitrogens with zero attached hydrogens (tertiary/aromatic N) is 4. The Morgan fingerprint density at radius 2 is 1.84 bits per heavy atom. The first-order chi connectivity index (χ1) is 17.7. The maximum atomic E-state index is 14.2. The highest BCUT2D eigenvalue weighted by Gasteiger charge is 2.22. The van der Waals surface area contributed by atoms with Gasteiger partial charge in [-0.3, -0.25) is 4.72 Å². The molecular weight excluding hydrogens is 502 g/mol. The minimum absolute atomic E-state index is 0.00387. The van der Waals surface area contributed by atoms with E-state index in [1.807, 2.05) is 22.8 Å². The summed E-state index contributed by atoms with van der Waals surface area (Å²) in [7, 11) is -3.05. The van der Waals surface area contributed by atoms with Crippen LogP contribution in [-0.2, 0) is 16.6 Å². The summed E-state index contributed by atoms with van der Waals surface area (Å²) in [6.45, 7) is 3.72. The fourth-order valence-electron chi connectivity index (χ4n) is 4.54. The zero-order chi connectivity index (χ0) is 26.2. The van der Waals surface area contributed by atoms with E-state index in [1.165, 1.54) is 20.0 Å². The van der Waals surface area contributed by atoms with E-state index >= 15 is 0 Å². The number of methoxy groups -OCH3 is 1. The molecule has 0 atom stereocenters. The number of ether oxygens (including phenoxy) is 1. The Bertz CT molecular complexity index is 1570. The van der Waals surface area contributed by atoms with Crippen LogP contribution in [0.3, 0.4) is 0 Å². The normalized spacial score (nSPS) is 14.4. The Labute approximate surface area is 212 Å². The van der Waals surface area contributed by atoms with Crippen LogP contribution >= 0.6 is 0 Å². The number of hydrogen-bond acceptors (Lipinski definition) is 7. The van der Waals surface area contributed by atoms with Gasteiger partial charge < -0.3 is 19.9 Å². The topological polar surface area (TPSA) is 115 Å². The number of nitrogens with one attached hydrogen (secondary N) is 1. The second-order valence-electron chi connectivity index (χ2n) is 8.83. The lowest BCUT2D eigenvalue weighted by atomic mass is 10.1. The average Bonchev–Trinajstić information content (AvgIpc) is 3.48. The highest BCUT2D eigenvalue weighted by Crippen LogP contribution is 2.32. The molecule has 37 heavy (non-hydrogen) atoms. The molecule has 1 fully saturated rings. The summed E-state index contributed by atoms with van der Waals surface area (Å²) >= 11 is 0. The SMILES string of the molecule is COc1ncc(-c2ccc3nc(N)n(CCN4CCCC4)c3c2)cc1NS(=O)(=O)c1ccc(F)cc1F. The van der Waals surface area contributed by atoms with Gasteiger partial charge in [0.15, 0.2) is 0 Å². The molecule has 3 N–H and O–H groups in total. The monoisotopic (exact) mass is 528 g/mol. The predicted octanol–water partition coefficient (Wildman–Crippen LogP) is 3.86. The third-order valence-electron chi connectivity index (χ3n) is 6.42. The third kappa shape index (κ3) is 5.07. The van der Waals surface area contributed by atoms with Crippen molar-refractivity contribution in [3.8, 4) is 17.0 Å². The number of anilines is 2. The van der Waals surface area contributed by atoms with Gasteiger partial charge in [0.2, 0.25) is 11.8 Å². The number of nitrogens with two attached hydrogens (primary N) is 1. The van der Waals surface area contributed by atoms with Gasteiger partial charge in [0.1, 0.15) is 22.2 Å². The van der Waals surface area contributed by atoms with Crippen LogP contribution in [0.1, 0.15) is 12.8 Å². The highest BCUT2D eigenvalue weighted by atomic mass is 32.2. The van der Waals surface area contributed by atoms with Crippen LogP contribution in [0.4, 0.5) is 20.4 Å². The summed E-state index contributed by atoms with van der Waals surface area (Å²) in [5.74, 6) is -1.67. The van der Waals surface area contributed by atoms with Gasteiger partial charge in [0.05, 0.1) is 18.1 Å². The molecule has 0 radical (unpaired) electrons. The molecule has 0 unspecified atom stereocenters. The van der Waals surface area contributed by atoms with Gasteiger partial charge in [-0.2, -0.15) is 0 Å². The number of rotatable bonds is 8. The highest BCUT2D eigenvalue weighted by molar-refractivity contribution is 7.92. The smallest absolute Gasteiger partial charge is 0.264 e. The van der Waals surface area contributed by atoms with Crippen molar-refractivity contribution in [3.63, 3.8) is 0 Å². The van der Waals surface area contributed by atoms with Gasteiger partial charge in [-0.25, -0.2) is 27.2 Å². The summed E-state index contributed by atoms with van der Waals surface area (Å²) in [5, 5.41) is 0. The van der Waals surface area contributed by atoms with Crippen molar-refractivity contribution in [3.05, 3.63) is 60.3 Å². The molecule has 1 aliphatic rings. The zero-order valence-corrected chi connectivity index (χ0v) is 20.9. The van der Waals surface area contributed by atoms with Crippen LogP contribution in [0.15, 0.2) is 53.6 Å². The molecule has 12 heteroatoms. The van der Waals surface area contributed by atoms with Crippen LogP contribution in [-0.4, -0.2) is 54.6 Å².